The van der Waals surface area contributed by atoms with Crippen LogP contribution in [-0.4, -0.2) is 36.5 Å². The Kier molecular flexibility index (Phi) is 61.1. The molecule has 0 amide bonds. The van der Waals surface area contributed by atoms with Gasteiger partial charge in [-0.1, -0.05) is 91.8 Å². The van der Waals surface area contributed by atoms with Crippen molar-refractivity contribution in [2.24, 2.45) is 5.92 Å². The first-order valence-electron chi connectivity index (χ1n) is 11.5. The molecule has 0 saturated heterocycles. The maximum Gasteiger partial charge on any atom is 0.160 e. The predicted molar refractivity (Wildman–Crippen MR) is 141 cm³/mol. The summed E-state index contributed by atoms with van der Waals surface area (Å²) in [5.74, 6) is 0.840. The molecule has 3 rings (SSSR count). The van der Waals surface area contributed by atoms with Crippen molar-refractivity contribution in [1.29, 1.82) is 0 Å². The molecular formula is C28H48O4Y-2. The van der Waals surface area contributed by atoms with Gasteiger partial charge in [-0.25, -0.2) is 6.42 Å². The van der Waals surface area contributed by atoms with Crippen LogP contribution in [0.2, 0.25) is 0 Å². The summed E-state index contributed by atoms with van der Waals surface area (Å²) < 4.78 is 0. The van der Waals surface area contributed by atoms with Gasteiger partial charge in [0.15, 0.2) is 5.78 Å². The van der Waals surface area contributed by atoms with Crippen LogP contribution in [0.25, 0.3) is 0 Å². The zero-order valence-corrected chi connectivity index (χ0v) is 25.5. The van der Waals surface area contributed by atoms with Crippen molar-refractivity contribution in [2.45, 2.75) is 68.2 Å². The Morgan fingerprint density at radius 3 is 1.39 bits per heavy atom. The largest absolute Gasteiger partial charge is 0.400 e. The summed E-state index contributed by atoms with van der Waals surface area (Å²) in [5.41, 5.74) is 1.45. The Morgan fingerprint density at radius 1 is 0.788 bits per heavy atom. The topological polar surface area (TPSA) is 74.6 Å². The van der Waals surface area contributed by atoms with Crippen molar-refractivity contribution in [1.82, 2.24) is 0 Å². The van der Waals surface area contributed by atoms with Crippen molar-refractivity contribution in [3.8, 4) is 0 Å². The van der Waals surface area contributed by atoms with E-state index in [1.165, 1.54) is 0 Å². The summed E-state index contributed by atoms with van der Waals surface area (Å²) in [4.78, 5) is 21.4. The van der Waals surface area contributed by atoms with Crippen LogP contribution in [-0.2, 0) is 37.5 Å². The van der Waals surface area contributed by atoms with Crippen LogP contribution in [0, 0.1) is 12.3 Å². The van der Waals surface area contributed by atoms with Gasteiger partial charge in [0.2, 0.25) is 0 Å². The Balaban J connectivity index is -0.0000000765. The molecule has 1 fully saturated rings. The Hall–Kier alpha value is -1.20. The molecule has 2 N–H and O–H groups in total. The zero-order chi connectivity index (χ0) is 26.2. The molecule has 0 bridgehead atoms. The first-order valence-corrected chi connectivity index (χ1v) is 11.5. The van der Waals surface area contributed by atoms with E-state index < -0.39 is 0 Å². The number of carbonyl (C=O) groups excluding carboxylic acids is 2. The van der Waals surface area contributed by atoms with Crippen LogP contribution < -0.4 is 0 Å². The van der Waals surface area contributed by atoms with Crippen LogP contribution in [0.1, 0.15) is 84.2 Å². The van der Waals surface area contributed by atoms with E-state index in [9.17, 15) is 9.59 Å². The van der Waals surface area contributed by atoms with Gasteiger partial charge in [-0.15, -0.1) is 12.1 Å². The summed E-state index contributed by atoms with van der Waals surface area (Å²) in [6.45, 7) is 16.0. The predicted octanol–water partition coefficient (Wildman–Crippen LogP) is 6.95. The fourth-order valence-electron chi connectivity index (χ4n) is 1.75. The molecule has 189 valence electrons. The Labute approximate surface area is 230 Å². The van der Waals surface area contributed by atoms with Crippen LogP contribution in [0.4, 0.5) is 0 Å². The van der Waals surface area contributed by atoms with Gasteiger partial charge in [0.1, 0.15) is 0 Å². The van der Waals surface area contributed by atoms with E-state index in [2.05, 4.69) is 6.42 Å². The third kappa shape index (κ3) is 33.1. The minimum Gasteiger partial charge on any atom is -0.400 e. The molecule has 2 aromatic rings. The van der Waals surface area contributed by atoms with E-state index in [1.54, 1.807) is 30.6 Å². The maximum absolute atomic E-state index is 11.5. The van der Waals surface area contributed by atoms with Gasteiger partial charge >= 0.3 is 0 Å². The van der Waals surface area contributed by atoms with Crippen LogP contribution in [0.5, 0.6) is 0 Å². The van der Waals surface area contributed by atoms with Crippen molar-refractivity contribution in [3.63, 3.8) is 0 Å². The van der Waals surface area contributed by atoms with Crippen LogP contribution in [0.15, 0.2) is 60.7 Å². The fraction of sp³-hybridized carbons (Fsp3) is 0.464. The van der Waals surface area contributed by atoms with Gasteiger partial charge in [-0.05, 0) is 6.42 Å². The normalized spacial score (nSPS) is 10.6. The molecule has 1 radical (unpaired) electrons. The van der Waals surface area contributed by atoms with Crippen molar-refractivity contribution in [2.75, 3.05) is 14.2 Å². The second-order valence-corrected chi connectivity index (χ2v) is 4.69. The summed E-state index contributed by atoms with van der Waals surface area (Å²) in [6.07, 6.45) is 5.78. The summed E-state index contributed by atoms with van der Waals surface area (Å²) >= 11 is 0. The molecule has 0 spiro atoms. The summed E-state index contributed by atoms with van der Waals surface area (Å²) in [5, 5.41) is 14.0. The second kappa shape index (κ2) is 44.5. The molecule has 1 aliphatic carbocycles. The van der Waals surface area contributed by atoms with Crippen molar-refractivity contribution >= 4 is 12.1 Å². The average Bonchev–Trinajstić information content (AvgIpc) is 3.76. The number of rotatable bonds is 4. The third-order valence-corrected chi connectivity index (χ3v) is 3.00. The quantitative estimate of drug-likeness (QED) is 0.327. The van der Waals surface area contributed by atoms with Gasteiger partial charge in [0.25, 0.3) is 0 Å². The molecule has 5 heteroatoms. The van der Waals surface area contributed by atoms with E-state index in [-0.39, 0.29) is 38.5 Å². The van der Waals surface area contributed by atoms with E-state index >= 15 is 0 Å². The molecule has 0 aliphatic heterocycles. The van der Waals surface area contributed by atoms with Crippen LogP contribution >= 0.6 is 0 Å². The molecule has 2 aromatic carbocycles. The standard InChI is InChI=1S/C11H11O.C7H5O.4C2H6.2CH4O.Y/c12-11(8-9-6-7-9)10-4-2-1-3-5-10;8-6-7-4-2-1-3-5-7;6*1-2;/h1-6,9H,7-8H2;1-5H;4*1-2H3;2*2H,1H3;/q2*-1;;;;;;;. The molecule has 33 heavy (non-hydrogen) atoms. The minimum absolute atomic E-state index is 0. The van der Waals surface area contributed by atoms with E-state index in [4.69, 9.17) is 10.2 Å². The Bertz CT molecular complexity index is 557. The van der Waals surface area contributed by atoms with Crippen molar-refractivity contribution in [3.05, 3.63) is 78.2 Å². The number of Topliss-reactive ketones (excluding diaryl/α,β-unsaturated/α-hetero) is 1. The average molecular weight is 538 g/mol. The molecule has 1 aliphatic rings. The number of aliphatic hydroxyl groups is 2. The smallest absolute Gasteiger partial charge is 0.160 e. The summed E-state index contributed by atoms with van der Waals surface area (Å²) in [7, 11) is 2.00. The Morgan fingerprint density at radius 2 is 1.12 bits per heavy atom. The van der Waals surface area contributed by atoms with Crippen molar-refractivity contribution < 1.29 is 52.5 Å². The molecule has 1 atom stereocenters. The van der Waals surface area contributed by atoms with Crippen LogP contribution in [0.3, 0.4) is 0 Å². The van der Waals surface area contributed by atoms with Gasteiger partial charge in [0.05, 0.1) is 6.29 Å². The molecule has 0 heterocycles. The number of aliphatic hydroxyl groups excluding tert-OH is 2. The van der Waals surface area contributed by atoms with Gasteiger partial charge in [0, 0.05) is 52.5 Å². The first kappa shape index (κ1) is 45.3. The minimum atomic E-state index is 0. The number of hydrogen-bond donors (Lipinski definition) is 2. The third-order valence-electron chi connectivity index (χ3n) is 3.00. The number of carbonyl (C=O) groups is 1. The first-order chi connectivity index (χ1) is 15.8. The monoisotopic (exact) mass is 537 g/mol. The maximum atomic E-state index is 11.5. The number of ketones is 1. The van der Waals surface area contributed by atoms with Gasteiger partial charge in [-0.2, -0.15) is 23.6 Å². The van der Waals surface area contributed by atoms with Gasteiger partial charge < -0.3 is 21.4 Å². The van der Waals surface area contributed by atoms with E-state index in [0.29, 0.717) is 17.9 Å². The molecule has 4 nitrogen and oxygen atoms in total. The van der Waals surface area contributed by atoms with E-state index in [1.807, 2.05) is 91.8 Å². The number of hydrogen-bond acceptors (Lipinski definition) is 4. The molecule has 1 saturated carbocycles. The van der Waals surface area contributed by atoms with E-state index in [0.717, 1.165) is 26.2 Å². The van der Waals surface area contributed by atoms with Gasteiger partial charge in [-0.3, -0.25) is 4.79 Å². The molecular weight excluding hydrogens is 489 g/mol. The summed E-state index contributed by atoms with van der Waals surface area (Å²) in [6, 6.07) is 18.4. The second-order valence-electron chi connectivity index (χ2n) is 4.69. The SMILES string of the molecule is CC.CC.CC.CC.CO.CO.O=C(CC1[CH-]C1)c1ccccc1.O=[C-]c1ccccc1.[Y]. The molecule has 1 unspecified atom stereocenters. The zero-order valence-electron chi connectivity index (χ0n) is 22.6. The molecule has 0 aromatic heterocycles. The fourth-order valence-corrected chi connectivity index (χ4v) is 1.75. The number of benzene rings is 2.